The second kappa shape index (κ2) is 7.04. The summed E-state index contributed by atoms with van der Waals surface area (Å²) in [6.07, 6.45) is 2.17. The number of hydrogen-bond donors (Lipinski definition) is 1. The van der Waals surface area contributed by atoms with Crippen molar-refractivity contribution in [2.75, 3.05) is 26.8 Å². The van der Waals surface area contributed by atoms with Crippen molar-refractivity contribution in [1.29, 1.82) is 0 Å². The van der Waals surface area contributed by atoms with Gasteiger partial charge in [0, 0.05) is 24.6 Å². The van der Waals surface area contributed by atoms with E-state index < -0.39 is 0 Å². The molecule has 1 aromatic rings. The SMILES string of the molecule is CCC(N)C(c1ccc(Cl)s1)N1CCC(COC)C1. The predicted octanol–water partition coefficient (Wildman–Crippen LogP) is 3.15. The molecule has 1 aromatic heterocycles. The van der Waals surface area contributed by atoms with Crippen LogP contribution in [0.1, 0.15) is 30.7 Å². The summed E-state index contributed by atoms with van der Waals surface area (Å²) in [7, 11) is 1.77. The van der Waals surface area contributed by atoms with Crippen LogP contribution in [0, 0.1) is 5.92 Å². The summed E-state index contributed by atoms with van der Waals surface area (Å²) in [6, 6.07) is 4.55. The van der Waals surface area contributed by atoms with Gasteiger partial charge in [-0.25, -0.2) is 0 Å². The molecular weight excluding hydrogens is 280 g/mol. The number of methoxy groups -OCH3 is 1. The monoisotopic (exact) mass is 302 g/mol. The molecule has 1 aliphatic heterocycles. The molecule has 0 saturated carbocycles. The Labute approximate surface area is 124 Å². The van der Waals surface area contributed by atoms with Gasteiger partial charge in [0.2, 0.25) is 0 Å². The average Bonchev–Trinajstić information content (AvgIpc) is 3.00. The molecule has 0 aliphatic carbocycles. The normalized spacial score (nSPS) is 23.7. The van der Waals surface area contributed by atoms with Crippen LogP contribution < -0.4 is 5.73 Å². The van der Waals surface area contributed by atoms with E-state index >= 15 is 0 Å². The van der Waals surface area contributed by atoms with Gasteiger partial charge < -0.3 is 10.5 Å². The molecule has 2 N–H and O–H groups in total. The average molecular weight is 303 g/mol. The Balaban J connectivity index is 2.11. The maximum atomic E-state index is 6.35. The van der Waals surface area contributed by atoms with Gasteiger partial charge in [-0.1, -0.05) is 18.5 Å². The summed E-state index contributed by atoms with van der Waals surface area (Å²) in [6.45, 7) is 5.16. The molecule has 0 radical (unpaired) electrons. The molecule has 0 bridgehead atoms. The first-order valence-electron chi connectivity index (χ1n) is 6.89. The van der Waals surface area contributed by atoms with Crippen LogP contribution in [0.4, 0.5) is 0 Å². The van der Waals surface area contributed by atoms with E-state index in [-0.39, 0.29) is 6.04 Å². The van der Waals surface area contributed by atoms with E-state index in [2.05, 4.69) is 17.9 Å². The molecule has 3 atom stereocenters. The molecule has 1 aliphatic rings. The van der Waals surface area contributed by atoms with E-state index in [1.54, 1.807) is 18.4 Å². The Kier molecular flexibility index (Phi) is 5.66. The zero-order valence-electron chi connectivity index (χ0n) is 11.6. The largest absolute Gasteiger partial charge is 0.384 e. The van der Waals surface area contributed by atoms with Crippen LogP contribution >= 0.6 is 22.9 Å². The van der Waals surface area contributed by atoms with Gasteiger partial charge in [0.25, 0.3) is 0 Å². The van der Waals surface area contributed by atoms with Crippen LogP contribution in [0.25, 0.3) is 0 Å². The van der Waals surface area contributed by atoms with E-state index in [0.29, 0.717) is 12.0 Å². The van der Waals surface area contributed by atoms with Gasteiger partial charge in [0.15, 0.2) is 0 Å². The van der Waals surface area contributed by atoms with Gasteiger partial charge in [-0.2, -0.15) is 0 Å². The second-order valence-corrected chi connectivity index (χ2v) is 7.01. The van der Waals surface area contributed by atoms with Crippen LogP contribution in [-0.4, -0.2) is 37.7 Å². The highest BCUT2D eigenvalue weighted by Crippen LogP contribution is 2.35. The third kappa shape index (κ3) is 3.70. The lowest BCUT2D eigenvalue weighted by molar-refractivity contribution is 0.142. The van der Waals surface area contributed by atoms with Gasteiger partial charge in [0.05, 0.1) is 17.0 Å². The molecule has 3 nitrogen and oxygen atoms in total. The highest BCUT2D eigenvalue weighted by molar-refractivity contribution is 7.16. The van der Waals surface area contributed by atoms with Crippen LogP contribution in [0.5, 0.6) is 0 Å². The van der Waals surface area contributed by atoms with Gasteiger partial charge in [-0.3, -0.25) is 4.90 Å². The van der Waals surface area contributed by atoms with Crippen molar-refractivity contribution < 1.29 is 4.74 Å². The van der Waals surface area contributed by atoms with E-state index in [1.807, 2.05) is 6.07 Å². The smallest absolute Gasteiger partial charge is 0.0931 e. The fourth-order valence-corrected chi connectivity index (χ4v) is 4.13. The number of likely N-dealkylation sites (tertiary alicyclic amines) is 1. The van der Waals surface area contributed by atoms with Crippen molar-refractivity contribution in [1.82, 2.24) is 4.90 Å². The Morgan fingerprint density at radius 2 is 2.37 bits per heavy atom. The maximum Gasteiger partial charge on any atom is 0.0931 e. The summed E-state index contributed by atoms with van der Waals surface area (Å²) >= 11 is 7.73. The number of rotatable bonds is 6. The number of nitrogens with two attached hydrogens (primary N) is 1. The van der Waals surface area contributed by atoms with E-state index in [4.69, 9.17) is 22.1 Å². The summed E-state index contributed by atoms with van der Waals surface area (Å²) < 4.78 is 6.12. The third-order valence-electron chi connectivity index (χ3n) is 3.88. The highest BCUT2D eigenvalue weighted by Gasteiger charge is 2.32. The Hall–Kier alpha value is -0.130. The number of thiophene rings is 1. The van der Waals surface area contributed by atoms with Crippen molar-refractivity contribution in [3.63, 3.8) is 0 Å². The number of halogens is 1. The van der Waals surface area contributed by atoms with E-state index in [1.165, 1.54) is 11.3 Å². The van der Waals surface area contributed by atoms with Crippen molar-refractivity contribution in [2.45, 2.75) is 31.8 Å². The fraction of sp³-hybridized carbons (Fsp3) is 0.714. The summed E-state index contributed by atoms with van der Waals surface area (Å²) in [5, 5.41) is 0. The van der Waals surface area contributed by atoms with Crippen molar-refractivity contribution in [2.24, 2.45) is 11.7 Å². The molecule has 2 heterocycles. The molecule has 1 fully saturated rings. The summed E-state index contributed by atoms with van der Waals surface area (Å²) in [5.74, 6) is 0.631. The van der Waals surface area contributed by atoms with E-state index in [0.717, 1.165) is 30.5 Å². The third-order valence-corrected chi connectivity index (χ3v) is 5.18. The van der Waals surface area contributed by atoms with Crippen LogP contribution in [-0.2, 0) is 4.74 Å². The minimum absolute atomic E-state index is 0.163. The number of hydrogen-bond acceptors (Lipinski definition) is 4. The van der Waals surface area contributed by atoms with Crippen LogP contribution in [0.3, 0.4) is 0 Å². The van der Waals surface area contributed by atoms with Crippen LogP contribution in [0.2, 0.25) is 4.34 Å². The van der Waals surface area contributed by atoms with E-state index in [9.17, 15) is 0 Å². The van der Waals surface area contributed by atoms with Crippen molar-refractivity contribution in [3.05, 3.63) is 21.3 Å². The van der Waals surface area contributed by atoms with Crippen molar-refractivity contribution >= 4 is 22.9 Å². The summed E-state index contributed by atoms with van der Waals surface area (Å²) in [5.41, 5.74) is 6.35. The van der Waals surface area contributed by atoms with Gasteiger partial charge >= 0.3 is 0 Å². The fourth-order valence-electron chi connectivity index (χ4n) is 2.86. The molecular formula is C14H23ClN2OS. The molecule has 2 rings (SSSR count). The zero-order valence-corrected chi connectivity index (χ0v) is 13.2. The maximum absolute atomic E-state index is 6.35. The standard InChI is InChI=1S/C14H23ClN2OS/c1-3-11(16)14(12-4-5-13(15)19-12)17-7-6-10(8-17)9-18-2/h4-5,10-11,14H,3,6-9,16H2,1-2H3. The first-order chi connectivity index (χ1) is 9.15. The molecule has 1 saturated heterocycles. The first-order valence-corrected chi connectivity index (χ1v) is 8.09. The van der Waals surface area contributed by atoms with Crippen LogP contribution in [0.15, 0.2) is 12.1 Å². The number of ether oxygens (including phenoxy) is 1. The highest BCUT2D eigenvalue weighted by atomic mass is 35.5. The second-order valence-electron chi connectivity index (χ2n) is 5.26. The van der Waals surface area contributed by atoms with Crippen molar-refractivity contribution in [3.8, 4) is 0 Å². The summed E-state index contributed by atoms with van der Waals surface area (Å²) in [4.78, 5) is 3.79. The molecule has 0 aromatic carbocycles. The minimum atomic E-state index is 0.163. The topological polar surface area (TPSA) is 38.5 Å². The zero-order chi connectivity index (χ0) is 13.8. The number of nitrogens with zero attached hydrogens (tertiary/aromatic N) is 1. The lowest BCUT2D eigenvalue weighted by atomic mass is 10.0. The first kappa shape index (κ1) is 15.3. The molecule has 0 amide bonds. The molecule has 19 heavy (non-hydrogen) atoms. The van der Waals surface area contributed by atoms with Gasteiger partial charge in [-0.05, 0) is 37.4 Å². The molecule has 108 valence electrons. The molecule has 5 heteroatoms. The Morgan fingerprint density at radius 3 is 2.95 bits per heavy atom. The Bertz CT molecular complexity index is 399. The van der Waals surface area contributed by atoms with Gasteiger partial charge in [0.1, 0.15) is 0 Å². The molecule has 3 unspecified atom stereocenters. The molecule has 0 spiro atoms. The lowest BCUT2D eigenvalue weighted by Gasteiger charge is -2.31. The quantitative estimate of drug-likeness (QED) is 0.877. The van der Waals surface area contributed by atoms with Gasteiger partial charge in [-0.15, -0.1) is 11.3 Å². The lowest BCUT2D eigenvalue weighted by Crippen LogP contribution is -2.39. The predicted molar refractivity (Wildman–Crippen MR) is 81.9 cm³/mol. The Morgan fingerprint density at radius 1 is 1.58 bits per heavy atom. The minimum Gasteiger partial charge on any atom is -0.384 e.